The van der Waals surface area contributed by atoms with E-state index in [1.165, 1.54) is 0 Å². The average Bonchev–Trinajstić information content (AvgIpc) is 2.76. The highest BCUT2D eigenvalue weighted by Gasteiger charge is 2.27. The lowest BCUT2D eigenvalue weighted by Gasteiger charge is -2.24. The van der Waals surface area contributed by atoms with Crippen LogP contribution < -0.4 is 38.1 Å². The molecule has 0 saturated heterocycles. The fourth-order valence-electron chi connectivity index (χ4n) is 2.64. The third-order valence-electron chi connectivity index (χ3n) is 4.62. The molecule has 3 unspecified atom stereocenters. The van der Waals surface area contributed by atoms with E-state index >= 15 is 0 Å². The van der Waals surface area contributed by atoms with Crippen molar-refractivity contribution in [3.8, 4) is 0 Å². The molecule has 182 valence electrons. The van der Waals surface area contributed by atoms with Crippen LogP contribution in [-0.4, -0.2) is 74.2 Å². The topological polar surface area (TPSA) is 215 Å². The van der Waals surface area contributed by atoms with Gasteiger partial charge in [0.2, 0.25) is 35.9 Å². The second-order valence-electron chi connectivity index (χ2n) is 7.24. The third-order valence-corrected chi connectivity index (χ3v) is 4.62. The number of nitrogens with two attached hydrogens (primary N) is 2. The van der Waals surface area contributed by atoms with Crippen LogP contribution in [0.3, 0.4) is 0 Å². The van der Waals surface area contributed by atoms with Gasteiger partial charge in [0.15, 0.2) is 0 Å². The van der Waals surface area contributed by atoms with Gasteiger partial charge in [-0.15, -0.1) is 0 Å². The van der Waals surface area contributed by atoms with E-state index in [0.29, 0.717) is 38.6 Å². The molecule has 0 aromatic carbocycles. The van der Waals surface area contributed by atoms with E-state index in [1.54, 1.807) is 6.92 Å². The maximum absolute atomic E-state index is 12.5. The second kappa shape index (κ2) is 16.5. The van der Waals surface area contributed by atoms with E-state index in [1.807, 2.05) is 6.92 Å². The summed E-state index contributed by atoms with van der Waals surface area (Å²) in [4.78, 5) is 70.1. The van der Waals surface area contributed by atoms with E-state index in [2.05, 4.69) is 26.6 Å². The Bertz CT molecular complexity index is 658. The first-order chi connectivity index (χ1) is 15.2. The van der Waals surface area contributed by atoms with Crippen molar-refractivity contribution < 1.29 is 28.8 Å². The fraction of sp³-hybridized carbons (Fsp3) is 0.684. The van der Waals surface area contributed by atoms with Gasteiger partial charge in [-0.05, 0) is 31.7 Å². The highest BCUT2D eigenvalue weighted by Crippen LogP contribution is 2.08. The summed E-state index contributed by atoms with van der Waals surface area (Å²) in [5.74, 6) is -3.28. The van der Waals surface area contributed by atoms with Crippen molar-refractivity contribution >= 4 is 35.9 Å². The Morgan fingerprint density at radius 1 is 0.906 bits per heavy atom. The molecule has 3 atom stereocenters. The van der Waals surface area contributed by atoms with Gasteiger partial charge < -0.3 is 38.1 Å². The molecule has 0 aliphatic carbocycles. The SMILES string of the molecule is CCC(C)C(NC(=O)CNC(=O)C(CCCCN)NC(=O)CNC=O)C(=O)NCC(N)=O. The van der Waals surface area contributed by atoms with Gasteiger partial charge >= 0.3 is 0 Å². The highest BCUT2D eigenvalue weighted by atomic mass is 16.2. The molecule has 0 aromatic heterocycles. The zero-order chi connectivity index (χ0) is 24.5. The fourth-order valence-corrected chi connectivity index (χ4v) is 2.64. The number of hydrogen-bond acceptors (Lipinski definition) is 7. The van der Waals surface area contributed by atoms with E-state index in [-0.39, 0.29) is 19.0 Å². The zero-order valence-corrected chi connectivity index (χ0v) is 18.6. The lowest BCUT2D eigenvalue weighted by molar-refractivity contribution is -0.132. The number of carbonyl (C=O) groups is 6. The van der Waals surface area contributed by atoms with Crippen molar-refractivity contribution in [2.24, 2.45) is 17.4 Å². The number of unbranched alkanes of at least 4 members (excludes halogenated alkanes) is 1. The number of rotatable bonds is 17. The smallest absolute Gasteiger partial charge is 0.243 e. The van der Waals surface area contributed by atoms with E-state index in [9.17, 15) is 28.8 Å². The minimum absolute atomic E-state index is 0.240. The van der Waals surface area contributed by atoms with Crippen LogP contribution >= 0.6 is 0 Å². The van der Waals surface area contributed by atoms with Crippen LogP contribution in [0.15, 0.2) is 0 Å². The van der Waals surface area contributed by atoms with E-state index in [4.69, 9.17) is 11.5 Å². The average molecular weight is 458 g/mol. The van der Waals surface area contributed by atoms with Gasteiger partial charge in [-0.25, -0.2) is 0 Å². The van der Waals surface area contributed by atoms with Crippen LogP contribution in [0.25, 0.3) is 0 Å². The summed E-state index contributed by atoms with van der Waals surface area (Å²) in [6.07, 6.45) is 2.44. The van der Waals surface area contributed by atoms with Crippen LogP contribution in [0.5, 0.6) is 0 Å². The zero-order valence-electron chi connectivity index (χ0n) is 18.6. The number of carbonyl (C=O) groups excluding carboxylic acids is 6. The van der Waals surface area contributed by atoms with Crippen LogP contribution in [0.2, 0.25) is 0 Å². The summed E-state index contributed by atoms with van der Waals surface area (Å²) in [7, 11) is 0. The molecule has 9 N–H and O–H groups in total. The molecular weight excluding hydrogens is 422 g/mol. The minimum atomic E-state index is -0.918. The Hall–Kier alpha value is -3.22. The van der Waals surface area contributed by atoms with Gasteiger partial charge in [0.1, 0.15) is 12.1 Å². The number of hydrogen-bond donors (Lipinski definition) is 7. The largest absolute Gasteiger partial charge is 0.368 e. The quantitative estimate of drug-likeness (QED) is 0.0866. The molecule has 13 heteroatoms. The maximum atomic E-state index is 12.5. The molecule has 0 saturated carbocycles. The van der Waals surface area contributed by atoms with Crippen LogP contribution in [0.4, 0.5) is 0 Å². The van der Waals surface area contributed by atoms with Gasteiger partial charge in [0.05, 0.1) is 19.6 Å². The molecular formula is C19H35N7O6. The first-order valence-electron chi connectivity index (χ1n) is 10.5. The molecule has 32 heavy (non-hydrogen) atoms. The molecule has 6 amide bonds. The molecule has 0 radical (unpaired) electrons. The second-order valence-corrected chi connectivity index (χ2v) is 7.24. The first-order valence-corrected chi connectivity index (χ1v) is 10.5. The van der Waals surface area contributed by atoms with Crippen molar-refractivity contribution in [1.29, 1.82) is 0 Å². The Balaban J connectivity index is 4.91. The first kappa shape index (κ1) is 28.8. The number of nitrogens with one attached hydrogen (secondary N) is 5. The molecule has 0 aliphatic rings. The monoisotopic (exact) mass is 457 g/mol. The maximum Gasteiger partial charge on any atom is 0.243 e. The predicted octanol–water partition coefficient (Wildman–Crippen LogP) is -3.41. The van der Waals surface area contributed by atoms with Gasteiger partial charge in [0.25, 0.3) is 0 Å². The number of amides is 6. The summed E-state index contributed by atoms with van der Waals surface area (Å²) in [5, 5.41) is 12.0. The molecule has 0 rings (SSSR count). The third kappa shape index (κ3) is 12.5. The highest BCUT2D eigenvalue weighted by molar-refractivity contribution is 5.93. The summed E-state index contributed by atoms with van der Waals surface area (Å²) in [6, 6.07) is -1.84. The lowest BCUT2D eigenvalue weighted by atomic mass is 9.98. The Kier molecular flexibility index (Phi) is 14.8. The Morgan fingerprint density at radius 3 is 2.09 bits per heavy atom. The standard InChI is InChI=1S/C19H35N7O6/c1-3-12(2)17(19(32)23-8-14(21)28)26-16(30)10-24-18(31)13(6-4-5-7-20)25-15(29)9-22-11-27/h11-13,17H,3-10,20H2,1-2H3,(H2,21,28)(H,22,27)(H,23,32)(H,24,31)(H,25,29)(H,26,30). The van der Waals surface area contributed by atoms with Gasteiger partial charge in [0, 0.05) is 0 Å². The molecule has 0 aromatic rings. The van der Waals surface area contributed by atoms with Crippen molar-refractivity contribution in [3.63, 3.8) is 0 Å². The van der Waals surface area contributed by atoms with Crippen LogP contribution in [-0.2, 0) is 28.8 Å². The Morgan fingerprint density at radius 2 is 1.53 bits per heavy atom. The normalized spacial score (nSPS) is 13.1. The van der Waals surface area contributed by atoms with Crippen molar-refractivity contribution in [2.75, 3.05) is 26.2 Å². The van der Waals surface area contributed by atoms with Crippen molar-refractivity contribution in [3.05, 3.63) is 0 Å². The van der Waals surface area contributed by atoms with Crippen molar-refractivity contribution in [1.82, 2.24) is 26.6 Å². The molecule has 0 aliphatic heterocycles. The van der Waals surface area contributed by atoms with Crippen molar-refractivity contribution in [2.45, 2.75) is 51.6 Å². The molecule has 0 spiro atoms. The van der Waals surface area contributed by atoms with E-state index < -0.39 is 48.2 Å². The molecule has 0 heterocycles. The lowest BCUT2D eigenvalue weighted by Crippen LogP contribution is -2.55. The van der Waals surface area contributed by atoms with Gasteiger partial charge in [-0.2, -0.15) is 0 Å². The summed E-state index contributed by atoms with van der Waals surface area (Å²) >= 11 is 0. The van der Waals surface area contributed by atoms with Crippen LogP contribution in [0, 0.1) is 5.92 Å². The molecule has 13 nitrogen and oxygen atoms in total. The van der Waals surface area contributed by atoms with E-state index in [0.717, 1.165) is 0 Å². The summed E-state index contributed by atoms with van der Waals surface area (Å²) < 4.78 is 0. The minimum Gasteiger partial charge on any atom is -0.368 e. The Labute approximate surface area is 187 Å². The van der Waals surface area contributed by atoms with Gasteiger partial charge in [-0.3, -0.25) is 28.8 Å². The summed E-state index contributed by atoms with van der Waals surface area (Å²) in [5.41, 5.74) is 10.5. The number of primary amides is 1. The molecule has 0 fully saturated rings. The predicted molar refractivity (Wildman–Crippen MR) is 116 cm³/mol. The molecule has 0 bridgehead atoms. The van der Waals surface area contributed by atoms with Gasteiger partial charge in [-0.1, -0.05) is 20.3 Å². The van der Waals surface area contributed by atoms with Crippen LogP contribution in [0.1, 0.15) is 39.5 Å². The summed E-state index contributed by atoms with van der Waals surface area (Å²) in [6.45, 7) is 2.94.